The Morgan fingerprint density at radius 3 is 2.63 bits per heavy atom. The molecule has 0 aliphatic heterocycles. The Hall–Kier alpha value is -1.61. The van der Waals surface area contributed by atoms with Gasteiger partial charge in [0.25, 0.3) is 5.91 Å². The molecule has 0 fully saturated rings. The van der Waals surface area contributed by atoms with Gasteiger partial charge >= 0.3 is 0 Å². The summed E-state index contributed by atoms with van der Waals surface area (Å²) in [4.78, 5) is 12.2. The third-order valence-electron chi connectivity index (χ3n) is 3.54. The van der Waals surface area contributed by atoms with Crippen LogP contribution >= 0.6 is 15.9 Å². The molecule has 0 aromatic heterocycles. The topological polar surface area (TPSA) is 29.1 Å². The zero-order chi connectivity index (χ0) is 13.2. The van der Waals surface area contributed by atoms with Crippen molar-refractivity contribution >= 4 is 21.8 Å². The van der Waals surface area contributed by atoms with E-state index in [-0.39, 0.29) is 11.9 Å². The minimum Gasteiger partial charge on any atom is -0.345 e. The maximum atomic E-state index is 12.2. The maximum absolute atomic E-state index is 12.2. The Labute approximate surface area is 121 Å². The molecule has 1 aliphatic carbocycles. The molecular formula is C16H14BrNO. The molecule has 0 radical (unpaired) electrons. The molecule has 0 spiro atoms. The number of carbonyl (C=O) groups is 1. The molecule has 3 heteroatoms. The summed E-state index contributed by atoms with van der Waals surface area (Å²) >= 11 is 3.37. The number of aryl methyl sites for hydroxylation is 1. The van der Waals surface area contributed by atoms with Crippen LogP contribution in [0.25, 0.3) is 0 Å². The Bertz CT molecular complexity index is 606. The lowest BCUT2D eigenvalue weighted by Crippen LogP contribution is -2.27. The number of amides is 1. The lowest BCUT2D eigenvalue weighted by molar-refractivity contribution is 0.0936. The molecule has 1 N–H and O–H groups in total. The van der Waals surface area contributed by atoms with E-state index in [1.54, 1.807) is 0 Å². The molecule has 3 rings (SSSR count). The summed E-state index contributed by atoms with van der Waals surface area (Å²) in [5.41, 5.74) is 3.31. The summed E-state index contributed by atoms with van der Waals surface area (Å²) in [6, 6.07) is 15.9. The molecule has 0 unspecified atom stereocenters. The van der Waals surface area contributed by atoms with Gasteiger partial charge < -0.3 is 5.32 Å². The van der Waals surface area contributed by atoms with E-state index in [9.17, 15) is 4.79 Å². The van der Waals surface area contributed by atoms with Crippen molar-refractivity contribution in [3.05, 3.63) is 69.7 Å². The van der Waals surface area contributed by atoms with Crippen molar-refractivity contribution in [1.29, 1.82) is 0 Å². The number of carbonyl (C=O) groups excluding carboxylic acids is 1. The van der Waals surface area contributed by atoms with Crippen molar-refractivity contribution < 1.29 is 4.79 Å². The molecule has 96 valence electrons. The van der Waals surface area contributed by atoms with Gasteiger partial charge in [-0.2, -0.15) is 0 Å². The van der Waals surface area contributed by atoms with Crippen LogP contribution in [0.1, 0.15) is 33.9 Å². The van der Waals surface area contributed by atoms with E-state index in [0.717, 1.165) is 17.3 Å². The van der Waals surface area contributed by atoms with Crippen molar-refractivity contribution in [1.82, 2.24) is 5.32 Å². The van der Waals surface area contributed by atoms with Crippen LogP contribution in [0.5, 0.6) is 0 Å². The molecule has 0 bridgehead atoms. The second-order valence-electron chi connectivity index (χ2n) is 4.77. The molecule has 0 saturated carbocycles. The zero-order valence-electron chi connectivity index (χ0n) is 10.4. The van der Waals surface area contributed by atoms with Gasteiger partial charge in [0.2, 0.25) is 0 Å². The Balaban J connectivity index is 1.76. The summed E-state index contributed by atoms with van der Waals surface area (Å²) in [6.07, 6.45) is 2.03. The molecule has 2 nitrogen and oxygen atoms in total. The van der Waals surface area contributed by atoms with Crippen molar-refractivity contribution in [2.45, 2.75) is 18.9 Å². The van der Waals surface area contributed by atoms with Gasteiger partial charge in [0.1, 0.15) is 0 Å². The van der Waals surface area contributed by atoms with Crippen LogP contribution in [0.3, 0.4) is 0 Å². The van der Waals surface area contributed by atoms with Crippen LogP contribution in [0.4, 0.5) is 0 Å². The number of rotatable bonds is 2. The second kappa shape index (κ2) is 5.17. The summed E-state index contributed by atoms with van der Waals surface area (Å²) in [7, 11) is 0. The first kappa shape index (κ1) is 12.4. The Morgan fingerprint density at radius 2 is 1.84 bits per heavy atom. The van der Waals surface area contributed by atoms with Gasteiger partial charge in [0.05, 0.1) is 6.04 Å². The first-order valence-electron chi connectivity index (χ1n) is 6.38. The van der Waals surface area contributed by atoms with Crippen LogP contribution in [0.15, 0.2) is 53.0 Å². The average Bonchev–Trinajstić information content (AvgIpc) is 2.83. The minimum atomic E-state index is -0.00537. The highest BCUT2D eigenvalue weighted by Crippen LogP contribution is 2.30. The fourth-order valence-corrected chi connectivity index (χ4v) is 2.81. The van der Waals surface area contributed by atoms with Crippen LogP contribution in [-0.2, 0) is 6.42 Å². The van der Waals surface area contributed by atoms with Gasteiger partial charge in [0.15, 0.2) is 0 Å². The van der Waals surface area contributed by atoms with E-state index in [1.165, 1.54) is 11.1 Å². The zero-order valence-corrected chi connectivity index (χ0v) is 12.0. The van der Waals surface area contributed by atoms with E-state index in [1.807, 2.05) is 30.3 Å². The van der Waals surface area contributed by atoms with Gasteiger partial charge in [-0.15, -0.1) is 0 Å². The monoisotopic (exact) mass is 315 g/mol. The van der Waals surface area contributed by atoms with Gasteiger partial charge in [-0.25, -0.2) is 0 Å². The normalized spacial score (nSPS) is 17.0. The Morgan fingerprint density at radius 1 is 1.11 bits per heavy atom. The predicted molar refractivity (Wildman–Crippen MR) is 79.1 cm³/mol. The summed E-state index contributed by atoms with van der Waals surface area (Å²) in [5.74, 6) is -0.00537. The molecule has 2 aromatic rings. The molecule has 1 aliphatic rings. The quantitative estimate of drug-likeness (QED) is 0.895. The van der Waals surface area contributed by atoms with E-state index >= 15 is 0 Å². The SMILES string of the molecule is O=C(N[C@H]1CCc2ccccc21)c1ccc(Br)cc1. The molecule has 2 aromatic carbocycles. The maximum Gasteiger partial charge on any atom is 0.251 e. The number of benzene rings is 2. The van der Waals surface area contributed by atoms with Crippen molar-refractivity contribution in [2.24, 2.45) is 0 Å². The highest BCUT2D eigenvalue weighted by molar-refractivity contribution is 9.10. The average molecular weight is 316 g/mol. The molecule has 1 atom stereocenters. The van der Waals surface area contributed by atoms with Crippen LogP contribution < -0.4 is 5.32 Å². The van der Waals surface area contributed by atoms with Crippen molar-refractivity contribution in [3.63, 3.8) is 0 Å². The number of fused-ring (bicyclic) bond motifs is 1. The molecular weight excluding hydrogens is 302 g/mol. The first-order chi connectivity index (χ1) is 9.24. The van der Waals surface area contributed by atoms with Crippen LogP contribution in [-0.4, -0.2) is 5.91 Å². The predicted octanol–water partition coefficient (Wildman–Crippen LogP) is 3.87. The molecule has 1 amide bonds. The van der Waals surface area contributed by atoms with E-state index in [4.69, 9.17) is 0 Å². The number of halogens is 1. The van der Waals surface area contributed by atoms with Crippen LogP contribution in [0, 0.1) is 0 Å². The number of hydrogen-bond donors (Lipinski definition) is 1. The van der Waals surface area contributed by atoms with Crippen molar-refractivity contribution in [2.75, 3.05) is 0 Å². The van der Waals surface area contributed by atoms with Crippen LogP contribution in [0.2, 0.25) is 0 Å². The smallest absolute Gasteiger partial charge is 0.251 e. The minimum absolute atomic E-state index is 0.00537. The van der Waals surface area contributed by atoms with E-state index < -0.39 is 0 Å². The largest absolute Gasteiger partial charge is 0.345 e. The lowest BCUT2D eigenvalue weighted by Gasteiger charge is -2.14. The fraction of sp³-hybridized carbons (Fsp3) is 0.188. The van der Waals surface area contributed by atoms with Gasteiger partial charge in [-0.1, -0.05) is 40.2 Å². The third kappa shape index (κ3) is 2.56. The van der Waals surface area contributed by atoms with E-state index in [2.05, 4.69) is 39.4 Å². The highest BCUT2D eigenvalue weighted by Gasteiger charge is 2.23. The number of hydrogen-bond acceptors (Lipinski definition) is 1. The standard InChI is InChI=1S/C16H14BrNO/c17-13-8-5-12(6-9-13)16(19)18-15-10-7-11-3-1-2-4-14(11)15/h1-6,8-9,15H,7,10H2,(H,18,19)/t15-/m0/s1. The van der Waals surface area contributed by atoms with Crippen molar-refractivity contribution in [3.8, 4) is 0 Å². The first-order valence-corrected chi connectivity index (χ1v) is 7.17. The lowest BCUT2D eigenvalue weighted by atomic mass is 10.1. The molecule has 0 saturated heterocycles. The fourth-order valence-electron chi connectivity index (χ4n) is 2.55. The molecule has 19 heavy (non-hydrogen) atoms. The number of nitrogens with one attached hydrogen (secondary N) is 1. The van der Waals surface area contributed by atoms with Gasteiger partial charge in [-0.3, -0.25) is 4.79 Å². The summed E-state index contributed by atoms with van der Waals surface area (Å²) in [5, 5.41) is 3.12. The van der Waals surface area contributed by atoms with Gasteiger partial charge in [0, 0.05) is 10.0 Å². The molecule has 0 heterocycles. The third-order valence-corrected chi connectivity index (χ3v) is 4.07. The van der Waals surface area contributed by atoms with E-state index in [0.29, 0.717) is 5.56 Å². The second-order valence-corrected chi connectivity index (χ2v) is 5.69. The summed E-state index contributed by atoms with van der Waals surface area (Å²) < 4.78 is 0.982. The summed E-state index contributed by atoms with van der Waals surface area (Å²) in [6.45, 7) is 0. The highest BCUT2D eigenvalue weighted by atomic mass is 79.9. The van der Waals surface area contributed by atoms with Gasteiger partial charge in [-0.05, 0) is 48.2 Å². The Kier molecular flexibility index (Phi) is 3.38.